The summed E-state index contributed by atoms with van der Waals surface area (Å²) in [6.07, 6.45) is -3.11. The number of carbonyl (C=O) groups excluding carboxylic acids is 2. The molecule has 204 valence electrons. The molecule has 2 amide bonds. The van der Waals surface area contributed by atoms with Gasteiger partial charge in [-0.15, -0.1) is 0 Å². The summed E-state index contributed by atoms with van der Waals surface area (Å²) in [5.74, 6) is -0.185. The standard InChI is InChI=1S/C27H23F3N8O2/c28-27(29,30)18-7-3-16(4-8-18)26(40)33-19-9-5-15(6-10-19)22-21-23(32)34-24(35-25(21)37-36-22)17-2-1-13-38(14-17)20(39)11-12-31/h3-10,17H,1-2,11,13-14H2,(H,33,40)(H3,32,34,35,36,37)/t17-/m1/s1. The minimum Gasteiger partial charge on any atom is -0.383 e. The molecule has 2 aromatic carbocycles. The summed E-state index contributed by atoms with van der Waals surface area (Å²) in [6.45, 7) is 0.991. The van der Waals surface area contributed by atoms with Gasteiger partial charge in [-0.25, -0.2) is 9.97 Å². The molecule has 10 nitrogen and oxygen atoms in total. The normalized spacial score (nSPS) is 15.6. The van der Waals surface area contributed by atoms with Crippen LogP contribution in [0.25, 0.3) is 22.3 Å². The number of benzene rings is 2. The van der Waals surface area contributed by atoms with Crippen LogP contribution in [0.3, 0.4) is 0 Å². The Morgan fingerprint density at radius 3 is 2.52 bits per heavy atom. The number of H-pyrrole nitrogens is 1. The van der Waals surface area contributed by atoms with Gasteiger partial charge in [0.05, 0.1) is 22.7 Å². The maximum atomic E-state index is 12.8. The van der Waals surface area contributed by atoms with Crippen LogP contribution in [0.5, 0.6) is 0 Å². The van der Waals surface area contributed by atoms with E-state index in [9.17, 15) is 22.8 Å². The van der Waals surface area contributed by atoms with Crippen molar-refractivity contribution in [3.05, 3.63) is 65.5 Å². The van der Waals surface area contributed by atoms with Gasteiger partial charge in [0, 0.05) is 35.8 Å². The van der Waals surface area contributed by atoms with E-state index in [1.807, 2.05) is 6.07 Å². The van der Waals surface area contributed by atoms with Gasteiger partial charge in [0.25, 0.3) is 5.91 Å². The Hall–Kier alpha value is -4.99. The Bertz CT molecular complexity index is 1610. The molecule has 0 aliphatic carbocycles. The van der Waals surface area contributed by atoms with Crippen LogP contribution in [0.2, 0.25) is 0 Å². The number of fused-ring (bicyclic) bond motifs is 1. The maximum absolute atomic E-state index is 12.8. The number of halogens is 3. The molecular formula is C27H23F3N8O2. The molecule has 13 heteroatoms. The molecule has 2 aromatic heterocycles. The molecular weight excluding hydrogens is 525 g/mol. The fourth-order valence-electron chi connectivity index (χ4n) is 4.69. The van der Waals surface area contributed by atoms with Gasteiger partial charge in [-0.3, -0.25) is 14.7 Å². The highest BCUT2D eigenvalue weighted by Crippen LogP contribution is 2.33. The van der Waals surface area contributed by atoms with Crippen LogP contribution < -0.4 is 11.1 Å². The monoisotopic (exact) mass is 548 g/mol. The van der Waals surface area contributed by atoms with Gasteiger partial charge < -0.3 is 16.0 Å². The number of piperidine rings is 1. The number of nitrogens with one attached hydrogen (secondary N) is 2. The van der Waals surface area contributed by atoms with Gasteiger partial charge in [-0.05, 0) is 49.2 Å². The van der Waals surface area contributed by atoms with E-state index >= 15 is 0 Å². The van der Waals surface area contributed by atoms with Crippen molar-refractivity contribution in [2.75, 3.05) is 24.1 Å². The Kier molecular flexibility index (Phi) is 7.08. The lowest BCUT2D eigenvalue weighted by Crippen LogP contribution is -2.39. The minimum atomic E-state index is -4.48. The van der Waals surface area contributed by atoms with Crippen LogP contribution in [-0.4, -0.2) is 50.0 Å². The summed E-state index contributed by atoms with van der Waals surface area (Å²) in [7, 11) is 0. The number of nitriles is 1. The van der Waals surface area contributed by atoms with E-state index in [-0.39, 0.29) is 29.6 Å². The molecule has 1 atom stereocenters. The zero-order valence-electron chi connectivity index (χ0n) is 21.0. The first kappa shape index (κ1) is 26.6. The average molecular weight is 549 g/mol. The number of hydrogen-bond acceptors (Lipinski definition) is 7. The van der Waals surface area contributed by atoms with Crippen molar-refractivity contribution in [3.63, 3.8) is 0 Å². The highest BCUT2D eigenvalue weighted by Gasteiger charge is 2.30. The summed E-state index contributed by atoms with van der Waals surface area (Å²) in [6, 6.07) is 12.6. The van der Waals surface area contributed by atoms with Gasteiger partial charge in [-0.1, -0.05) is 12.1 Å². The zero-order chi connectivity index (χ0) is 28.4. The number of aromatic nitrogens is 4. The third-order valence-electron chi connectivity index (χ3n) is 6.73. The van der Waals surface area contributed by atoms with Crippen LogP contribution in [-0.2, 0) is 11.0 Å². The number of anilines is 2. The van der Waals surface area contributed by atoms with Gasteiger partial charge in [0.1, 0.15) is 18.1 Å². The Balaban J connectivity index is 1.32. The van der Waals surface area contributed by atoms with Crippen LogP contribution in [0.1, 0.15) is 46.9 Å². The van der Waals surface area contributed by atoms with E-state index in [2.05, 4.69) is 25.5 Å². The highest BCUT2D eigenvalue weighted by molar-refractivity contribution is 6.04. The van der Waals surface area contributed by atoms with Crippen molar-refractivity contribution in [1.82, 2.24) is 25.1 Å². The maximum Gasteiger partial charge on any atom is 0.416 e. The quantitative estimate of drug-likeness (QED) is 0.332. The number of nitrogens with zero attached hydrogens (tertiary/aromatic N) is 5. The number of carbonyl (C=O) groups is 2. The van der Waals surface area contributed by atoms with Crippen molar-refractivity contribution in [2.45, 2.75) is 31.4 Å². The average Bonchev–Trinajstić information content (AvgIpc) is 3.38. The van der Waals surface area contributed by atoms with Crippen LogP contribution >= 0.6 is 0 Å². The van der Waals surface area contributed by atoms with Gasteiger partial charge in [-0.2, -0.15) is 23.5 Å². The molecule has 1 aliphatic rings. The lowest BCUT2D eigenvalue weighted by molar-refractivity contribution is -0.137. The number of aromatic amines is 1. The summed E-state index contributed by atoms with van der Waals surface area (Å²) in [4.78, 5) is 35.4. The van der Waals surface area contributed by atoms with Gasteiger partial charge >= 0.3 is 6.18 Å². The number of likely N-dealkylation sites (tertiary alicyclic amines) is 1. The lowest BCUT2D eigenvalue weighted by atomic mass is 9.96. The first-order valence-corrected chi connectivity index (χ1v) is 12.4. The minimum absolute atomic E-state index is 0.0906. The Morgan fingerprint density at radius 2 is 1.85 bits per heavy atom. The Labute approximate surface area is 226 Å². The van der Waals surface area contributed by atoms with Crippen molar-refractivity contribution in [1.29, 1.82) is 5.26 Å². The summed E-state index contributed by atoms with van der Waals surface area (Å²) in [5.41, 5.74) is 7.67. The van der Waals surface area contributed by atoms with E-state index in [4.69, 9.17) is 11.0 Å². The number of alkyl halides is 3. The summed E-state index contributed by atoms with van der Waals surface area (Å²) < 4.78 is 38.3. The van der Waals surface area contributed by atoms with E-state index < -0.39 is 17.6 Å². The molecule has 40 heavy (non-hydrogen) atoms. The number of nitrogen functional groups attached to an aromatic ring is 1. The smallest absolute Gasteiger partial charge is 0.383 e. The number of rotatable bonds is 5. The van der Waals surface area contributed by atoms with Crippen LogP contribution in [0, 0.1) is 11.3 Å². The molecule has 0 bridgehead atoms. The molecule has 1 fully saturated rings. The predicted molar refractivity (Wildman–Crippen MR) is 140 cm³/mol. The van der Waals surface area contributed by atoms with Crippen LogP contribution in [0.4, 0.5) is 24.7 Å². The molecule has 0 saturated carbocycles. The van der Waals surface area contributed by atoms with Crippen molar-refractivity contribution >= 4 is 34.4 Å². The molecule has 5 rings (SSSR count). The molecule has 1 saturated heterocycles. The lowest BCUT2D eigenvalue weighted by Gasteiger charge is -2.31. The molecule has 0 spiro atoms. The fraction of sp³-hybridized carbons (Fsp3) is 0.259. The molecule has 4 N–H and O–H groups in total. The second kappa shape index (κ2) is 10.6. The van der Waals surface area contributed by atoms with E-state index in [1.54, 1.807) is 29.2 Å². The SMILES string of the molecule is N#CCC(=O)N1CCC[C@@H](c2nc(N)c3c(-c4ccc(NC(=O)c5ccc(C(F)(F)F)cc5)cc4)[nH]nc3n2)C1. The Morgan fingerprint density at radius 1 is 1.12 bits per heavy atom. The third-order valence-corrected chi connectivity index (χ3v) is 6.73. The van der Waals surface area contributed by atoms with E-state index in [1.165, 1.54) is 0 Å². The van der Waals surface area contributed by atoms with E-state index in [0.29, 0.717) is 46.9 Å². The van der Waals surface area contributed by atoms with E-state index in [0.717, 1.165) is 37.1 Å². The first-order valence-electron chi connectivity index (χ1n) is 12.4. The van der Waals surface area contributed by atoms with Crippen molar-refractivity contribution in [2.24, 2.45) is 0 Å². The summed E-state index contributed by atoms with van der Waals surface area (Å²) >= 11 is 0. The number of amides is 2. The third kappa shape index (κ3) is 5.42. The summed E-state index contributed by atoms with van der Waals surface area (Å²) in [5, 5.41) is 19.3. The predicted octanol–water partition coefficient (Wildman–Crippen LogP) is 4.49. The van der Waals surface area contributed by atoms with Gasteiger partial charge in [0.15, 0.2) is 5.65 Å². The fourth-order valence-corrected chi connectivity index (χ4v) is 4.69. The van der Waals surface area contributed by atoms with Gasteiger partial charge in [0.2, 0.25) is 5.91 Å². The molecule has 3 heterocycles. The zero-order valence-corrected chi connectivity index (χ0v) is 21.0. The number of hydrogen-bond donors (Lipinski definition) is 3. The van der Waals surface area contributed by atoms with Crippen molar-refractivity contribution in [3.8, 4) is 17.3 Å². The topological polar surface area (TPSA) is 154 Å². The molecule has 0 radical (unpaired) electrons. The first-order chi connectivity index (χ1) is 19.1. The van der Waals surface area contributed by atoms with Crippen LogP contribution in [0.15, 0.2) is 48.5 Å². The second-order valence-corrected chi connectivity index (χ2v) is 9.38. The highest BCUT2D eigenvalue weighted by atomic mass is 19.4. The number of nitrogens with two attached hydrogens (primary N) is 1. The second-order valence-electron chi connectivity index (χ2n) is 9.38. The molecule has 0 unspecified atom stereocenters. The molecule has 1 aliphatic heterocycles. The molecule has 4 aromatic rings. The largest absolute Gasteiger partial charge is 0.416 e. The van der Waals surface area contributed by atoms with Crippen molar-refractivity contribution < 1.29 is 22.8 Å².